The van der Waals surface area contributed by atoms with E-state index in [0.717, 1.165) is 36.0 Å². The second-order valence-corrected chi connectivity index (χ2v) is 9.06. The second-order valence-electron chi connectivity index (χ2n) is 9.06. The fourth-order valence-corrected chi connectivity index (χ4v) is 4.83. The van der Waals surface area contributed by atoms with Gasteiger partial charge in [0.25, 0.3) is 0 Å². The molecule has 6 nitrogen and oxygen atoms in total. The van der Waals surface area contributed by atoms with Gasteiger partial charge in [0.1, 0.15) is 17.3 Å². The van der Waals surface area contributed by atoms with Crippen molar-refractivity contribution in [2.75, 3.05) is 6.54 Å². The minimum absolute atomic E-state index is 0.0104. The van der Waals surface area contributed by atoms with E-state index in [2.05, 4.69) is 10.2 Å². The van der Waals surface area contributed by atoms with Crippen molar-refractivity contribution in [1.29, 1.82) is 0 Å². The average Bonchev–Trinajstić information content (AvgIpc) is 3.41. The van der Waals surface area contributed by atoms with E-state index < -0.39 is 17.2 Å². The molecule has 0 spiro atoms. The average molecular weight is 489 g/mol. The first-order chi connectivity index (χ1) is 17.4. The van der Waals surface area contributed by atoms with Gasteiger partial charge in [-0.1, -0.05) is 59.4 Å². The number of piperidine rings is 1. The van der Waals surface area contributed by atoms with Crippen molar-refractivity contribution in [2.24, 2.45) is 0 Å². The quantitative estimate of drug-likeness (QED) is 0.434. The number of benzene rings is 3. The predicted octanol–water partition coefficient (Wildman–Crippen LogP) is 4.91. The molecule has 1 aliphatic rings. The highest BCUT2D eigenvalue weighted by atomic mass is 19.1. The number of nitrogens with zero attached hydrogens (tertiary/aromatic N) is 4. The molecule has 1 aromatic heterocycles. The van der Waals surface area contributed by atoms with Gasteiger partial charge in [-0.15, -0.1) is 5.10 Å². The van der Waals surface area contributed by atoms with Crippen molar-refractivity contribution < 1.29 is 18.7 Å². The second kappa shape index (κ2) is 9.99. The number of rotatable bonds is 5. The predicted molar refractivity (Wildman–Crippen MR) is 130 cm³/mol. The van der Waals surface area contributed by atoms with E-state index in [1.165, 1.54) is 54.7 Å². The Hall–Kier alpha value is -3.91. The summed E-state index contributed by atoms with van der Waals surface area (Å²) in [4.78, 5) is 16.3. The van der Waals surface area contributed by atoms with Gasteiger partial charge < -0.3 is 10.0 Å². The molecule has 3 aromatic carbocycles. The van der Waals surface area contributed by atoms with E-state index in [0.29, 0.717) is 17.7 Å². The van der Waals surface area contributed by atoms with Crippen LogP contribution in [0, 0.1) is 11.6 Å². The third kappa shape index (κ3) is 4.64. The number of hydrogen-bond donors (Lipinski definition) is 1. The van der Waals surface area contributed by atoms with E-state index in [1.54, 1.807) is 4.90 Å². The van der Waals surface area contributed by atoms with Gasteiger partial charge in [0.15, 0.2) is 5.60 Å². The van der Waals surface area contributed by atoms with Crippen LogP contribution >= 0.6 is 0 Å². The number of aliphatic hydroxyl groups is 1. The molecule has 0 aliphatic carbocycles. The molecule has 1 fully saturated rings. The Morgan fingerprint density at radius 1 is 0.917 bits per heavy atom. The van der Waals surface area contributed by atoms with Gasteiger partial charge in [-0.25, -0.2) is 13.6 Å². The maximum Gasteiger partial charge on any atom is 0.362 e. The Morgan fingerprint density at radius 3 is 2.14 bits per heavy atom. The molecule has 1 saturated heterocycles. The first kappa shape index (κ1) is 23.8. The van der Waals surface area contributed by atoms with E-state index in [9.17, 15) is 18.7 Å². The number of aromatic nitrogens is 3. The maximum absolute atomic E-state index is 13.6. The summed E-state index contributed by atoms with van der Waals surface area (Å²) in [5, 5.41) is 20.4. The normalized spacial score (nSPS) is 16.2. The van der Waals surface area contributed by atoms with Crippen LogP contribution in [-0.4, -0.2) is 43.6 Å². The lowest BCUT2D eigenvalue weighted by atomic mass is 9.84. The van der Waals surface area contributed by atoms with Gasteiger partial charge in [0.05, 0.1) is 6.20 Å². The fourth-order valence-electron chi connectivity index (χ4n) is 4.83. The summed E-state index contributed by atoms with van der Waals surface area (Å²) in [5.74, 6) is -0.929. The van der Waals surface area contributed by atoms with E-state index in [-0.39, 0.29) is 17.8 Å². The summed E-state index contributed by atoms with van der Waals surface area (Å²) >= 11 is 0. The number of halogens is 2. The minimum atomic E-state index is -1.87. The molecule has 0 saturated carbocycles. The van der Waals surface area contributed by atoms with Crippen LogP contribution in [0.4, 0.5) is 13.6 Å². The van der Waals surface area contributed by atoms with Crippen molar-refractivity contribution in [3.8, 4) is 0 Å². The third-order valence-corrected chi connectivity index (χ3v) is 6.74. The zero-order valence-electron chi connectivity index (χ0n) is 19.6. The smallest absolute Gasteiger partial charge is 0.362 e. The third-order valence-electron chi connectivity index (χ3n) is 6.74. The Morgan fingerprint density at radius 2 is 1.53 bits per heavy atom. The maximum atomic E-state index is 13.6. The minimum Gasteiger partial charge on any atom is -0.374 e. The van der Waals surface area contributed by atoms with Gasteiger partial charge in [-0.2, -0.15) is 5.10 Å². The van der Waals surface area contributed by atoms with Crippen molar-refractivity contribution in [3.05, 3.63) is 119 Å². The molecular formula is C28H26F2N4O2. The van der Waals surface area contributed by atoms with Crippen LogP contribution in [0.5, 0.6) is 0 Å². The number of amides is 1. The summed E-state index contributed by atoms with van der Waals surface area (Å²) in [7, 11) is 0. The molecule has 1 N–H and O–H groups in total. The van der Waals surface area contributed by atoms with Gasteiger partial charge in [0, 0.05) is 12.6 Å². The Balaban J connectivity index is 1.48. The summed E-state index contributed by atoms with van der Waals surface area (Å²) < 4.78 is 27.3. The van der Waals surface area contributed by atoms with Crippen LogP contribution < -0.4 is 0 Å². The fraction of sp³-hybridized carbons (Fsp3) is 0.250. The molecule has 184 valence electrons. The summed E-state index contributed by atoms with van der Waals surface area (Å²) in [6, 6.07) is 20.3. The molecule has 1 unspecified atom stereocenters. The summed E-state index contributed by atoms with van der Waals surface area (Å²) in [5.41, 5.74) is -0.0143. The highest BCUT2D eigenvalue weighted by Gasteiger charge is 2.38. The topological polar surface area (TPSA) is 71.2 Å². The molecular weight excluding hydrogens is 462 g/mol. The van der Waals surface area contributed by atoms with E-state index >= 15 is 0 Å². The van der Waals surface area contributed by atoms with Crippen LogP contribution in [0.1, 0.15) is 41.6 Å². The number of likely N-dealkylation sites (tertiary alicyclic amines) is 1. The van der Waals surface area contributed by atoms with Crippen molar-refractivity contribution >= 4 is 6.03 Å². The first-order valence-electron chi connectivity index (χ1n) is 12.0. The van der Waals surface area contributed by atoms with Crippen LogP contribution in [0.3, 0.4) is 0 Å². The Bertz CT molecular complexity index is 1280. The van der Waals surface area contributed by atoms with Gasteiger partial charge in [0.2, 0.25) is 0 Å². The molecule has 4 aromatic rings. The molecule has 2 heterocycles. The molecule has 36 heavy (non-hydrogen) atoms. The molecule has 0 radical (unpaired) electrons. The highest BCUT2D eigenvalue weighted by molar-refractivity contribution is 5.75. The number of carbonyl (C=O) groups is 1. The van der Waals surface area contributed by atoms with Crippen molar-refractivity contribution in [1.82, 2.24) is 19.9 Å². The van der Waals surface area contributed by atoms with Crippen molar-refractivity contribution in [2.45, 2.75) is 37.3 Å². The van der Waals surface area contributed by atoms with Crippen LogP contribution in [-0.2, 0) is 12.0 Å². The van der Waals surface area contributed by atoms with E-state index in [1.807, 2.05) is 30.3 Å². The zero-order valence-corrected chi connectivity index (χ0v) is 19.6. The molecule has 1 aliphatic heterocycles. The first-order valence-corrected chi connectivity index (χ1v) is 12.0. The summed E-state index contributed by atoms with van der Waals surface area (Å²) in [6.45, 7) is 0.591. The Kier molecular flexibility index (Phi) is 6.61. The van der Waals surface area contributed by atoms with Crippen LogP contribution in [0.15, 0.2) is 85.1 Å². The van der Waals surface area contributed by atoms with Gasteiger partial charge in [-0.3, -0.25) is 0 Å². The molecule has 1 amide bonds. The van der Waals surface area contributed by atoms with Crippen LogP contribution in [0.2, 0.25) is 0 Å². The number of hydrogen-bond acceptors (Lipinski definition) is 4. The lowest BCUT2D eigenvalue weighted by molar-refractivity contribution is 0.119. The van der Waals surface area contributed by atoms with Gasteiger partial charge in [-0.05, 0) is 66.6 Å². The Labute approximate surface area is 207 Å². The van der Waals surface area contributed by atoms with E-state index in [4.69, 9.17) is 0 Å². The monoisotopic (exact) mass is 488 g/mol. The van der Waals surface area contributed by atoms with Crippen molar-refractivity contribution in [3.63, 3.8) is 0 Å². The lowest BCUT2D eigenvalue weighted by Crippen LogP contribution is -2.47. The zero-order chi connectivity index (χ0) is 25.1. The SMILES string of the molecule is O=C(N1CCCCC1Cc1ccccc1)n1ncc(C(O)(c2ccc(F)cc2)c2ccc(F)cc2)n1. The van der Waals surface area contributed by atoms with Gasteiger partial charge >= 0.3 is 6.03 Å². The standard InChI is InChI=1S/C28H26F2N4O2/c29-23-13-9-21(10-14-23)28(36,22-11-15-24(30)16-12-22)26-19-31-34(32-26)27(35)33-17-5-4-8-25(33)18-20-6-2-1-3-7-20/h1-3,6-7,9-16,19,25,36H,4-5,8,17-18H2. The molecule has 1 atom stereocenters. The molecule has 5 rings (SSSR count). The lowest BCUT2D eigenvalue weighted by Gasteiger charge is -2.35. The highest BCUT2D eigenvalue weighted by Crippen LogP contribution is 2.35. The van der Waals surface area contributed by atoms with Crippen LogP contribution in [0.25, 0.3) is 0 Å². The molecule has 0 bridgehead atoms. The number of carbonyl (C=O) groups excluding carboxylic acids is 1. The summed E-state index contributed by atoms with van der Waals surface area (Å²) in [6.07, 6.45) is 4.86. The molecule has 8 heteroatoms. The largest absolute Gasteiger partial charge is 0.374 e.